The van der Waals surface area contributed by atoms with Crippen LogP contribution >= 0.6 is 11.6 Å². The van der Waals surface area contributed by atoms with Gasteiger partial charge in [-0.05, 0) is 31.2 Å². The fraction of sp³-hybridized carbons (Fsp3) is 0.333. The van der Waals surface area contributed by atoms with Gasteiger partial charge in [0.2, 0.25) is 0 Å². The van der Waals surface area contributed by atoms with Crippen LogP contribution in [0.3, 0.4) is 0 Å². The Kier molecular flexibility index (Phi) is 2.92. The molecule has 0 aromatic heterocycles. The predicted octanol–water partition coefficient (Wildman–Crippen LogP) is 2.37. The molecule has 60 valence electrons. The summed E-state index contributed by atoms with van der Waals surface area (Å²) in [6, 6.07) is 5.97. The van der Waals surface area contributed by atoms with Gasteiger partial charge in [0.05, 0.1) is 0 Å². The van der Waals surface area contributed by atoms with Crippen LogP contribution in [0.5, 0.6) is 0 Å². The van der Waals surface area contributed by atoms with Gasteiger partial charge >= 0.3 is 0 Å². The molecule has 0 saturated carbocycles. The Morgan fingerprint density at radius 3 is 2.82 bits per heavy atom. The summed E-state index contributed by atoms with van der Waals surface area (Å²) in [6.07, 6.45) is 0. The summed E-state index contributed by atoms with van der Waals surface area (Å²) in [5.74, 6) is 0. The minimum Gasteiger partial charge on any atom is -0.316 e. The van der Waals surface area contributed by atoms with Crippen LogP contribution in [0.4, 0.5) is 0 Å². The summed E-state index contributed by atoms with van der Waals surface area (Å²) in [5, 5.41) is 3.94. The maximum Gasteiger partial charge on any atom is 0.0438 e. The summed E-state index contributed by atoms with van der Waals surface area (Å²) >= 11 is 5.92. The Bertz CT molecular complexity index is 245. The highest BCUT2D eigenvalue weighted by atomic mass is 35.5. The third-order valence-corrected chi connectivity index (χ3v) is 2.16. The molecule has 2 heteroatoms. The van der Waals surface area contributed by atoms with Gasteiger partial charge in [0.15, 0.2) is 0 Å². The summed E-state index contributed by atoms with van der Waals surface area (Å²) < 4.78 is 0. The zero-order valence-electron chi connectivity index (χ0n) is 6.82. The lowest BCUT2D eigenvalue weighted by molar-refractivity contribution is 0.812. The van der Waals surface area contributed by atoms with Crippen molar-refractivity contribution in [2.45, 2.75) is 13.5 Å². The molecule has 0 fully saturated rings. The maximum atomic E-state index is 5.92. The van der Waals surface area contributed by atoms with E-state index in [2.05, 4.69) is 11.4 Å². The molecule has 0 aliphatic carbocycles. The first-order chi connectivity index (χ1) is 5.25. The molecule has 1 N–H and O–H groups in total. The predicted molar refractivity (Wildman–Crippen MR) is 49.0 cm³/mol. The van der Waals surface area contributed by atoms with E-state index in [9.17, 15) is 0 Å². The van der Waals surface area contributed by atoms with Crippen molar-refractivity contribution in [2.75, 3.05) is 7.05 Å². The van der Waals surface area contributed by atoms with Crippen molar-refractivity contribution in [3.63, 3.8) is 0 Å². The van der Waals surface area contributed by atoms with E-state index in [1.54, 1.807) is 0 Å². The Labute approximate surface area is 72.4 Å². The van der Waals surface area contributed by atoms with E-state index in [0.717, 1.165) is 11.6 Å². The number of hydrogen-bond acceptors (Lipinski definition) is 1. The van der Waals surface area contributed by atoms with Gasteiger partial charge in [-0.25, -0.2) is 0 Å². The van der Waals surface area contributed by atoms with Crippen molar-refractivity contribution in [3.8, 4) is 0 Å². The average molecular weight is 170 g/mol. The summed E-state index contributed by atoms with van der Waals surface area (Å²) in [6.45, 7) is 2.92. The van der Waals surface area contributed by atoms with Crippen LogP contribution < -0.4 is 5.32 Å². The monoisotopic (exact) mass is 169 g/mol. The number of nitrogens with one attached hydrogen (secondary N) is 1. The standard InChI is InChI=1S/C9H12ClN/c1-7-8(6-11-2)4-3-5-9(7)10/h3-5,11H,6H2,1-2H3. The van der Waals surface area contributed by atoms with Crippen LogP contribution in [0.1, 0.15) is 11.1 Å². The quantitative estimate of drug-likeness (QED) is 0.717. The number of halogens is 1. The van der Waals surface area contributed by atoms with Crippen molar-refractivity contribution in [3.05, 3.63) is 34.3 Å². The summed E-state index contributed by atoms with van der Waals surface area (Å²) in [4.78, 5) is 0. The molecule has 1 aromatic carbocycles. The molecule has 0 amide bonds. The molecule has 0 atom stereocenters. The van der Waals surface area contributed by atoms with Crippen molar-refractivity contribution in [2.24, 2.45) is 0 Å². The van der Waals surface area contributed by atoms with Crippen molar-refractivity contribution in [1.29, 1.82) is 0 Å². The van der Waals surface area contributed by atoms with Crippen LogP contribution in [-0.2, 0) is 6.54 Å². The number of hydrogen-bond donors (Lipinski definition) is 1. The lowest BCUT2D eigenvalue weighted by atomic mass is 10.1. The molecular weight excluding hydrogens is 158 g/mol. The maximum absolute atomic E-state index is 5.92. The Morgan fingerprint density at radius 1 is 1.45 bits per heavy atom. The van der Waals surface area contributed by atoms with Gasteiger partial charge in [-0.1, -0.05) is 23.7 Å². The van der Waals surface area contributed by atoms with Gasteiger partial charge in [0.1, 0.15) is 0 Å². The van der Waals surface area contributed by atoms with E-state index < -0.39 is 0 Å². The first-order valence-electron chi connectivity index (χ1n) is 3.64. The molecule has 0 aliphatic rings. The third-order valence-electron chi connectivity index (χ3n) is 1.75. The minimum absolute atomic E-state index is 0.845. The topological polar surface area (TPSA) is 12.0 Å². The Balaban J connectivity index is 2.96. The van der Waals surface area contributed by atoms with Gasteiger partial charge in [-0.2, -0.15) is 0 Å². The van der Waals surface area contributed by atoms with Crippen LogP contribution in [0.15, 0.2) is 18.2 Å². The van der Waals surface area contributed by atoms with E-state index in [1.807, 2.05) is 26.1 Å². The van der Waals surface area contributed by atoms with Gasteiger partial charge in [0.25, 0.3) is 0 Å². The largest absolute Gasteiger partial charge is 0.316 e. The van der Waals surface area contributed by atoms with Gasteiger partial charge in [-0.3, -0.25) is 0 Å². The Morgan fingerprint density at radius 2 is 2.18 bits per heavy atom. The average Bonchev–Trinajstić information content (AvgIpc) is 1.99. The molecule has 1 aromatic rings. The molecule has 0 aliphatic heterocycles. The zero-order valence-corrected chi connectivity index (χ0v) is 7.57. The molecule has 0 radical (unpaired) electrons. The summed E-state index contributed by atoms with van der Waals surface area (Å²) in [7, 11) is 1.93. The van der Waals surface area contributed by atoms with E-state index in [1.165, 1.54) is 11.1 Å². The number of rotatable bonds is 2. The molecule has 0 unspecified atom stereocenters. The van der Waals surface area contributed by atoms with Crippen LogP contribution in [-0.4, -0.2) is 7.05 Å². The molecule has 0 saturated heterocycles. The van der Waals surface area contributed by atoms with Crippen LogP contribution in [0, 0.1) is 6.92 Å². The highest BCUT2D eigenvalue weighted by Crippen LogP contribution is 2.18. The molecule has 11 heavy (non-hydrogen) atoms. The summed E-state index contributed by atoms with van der Waals surface area (Å²) in [5.41, 5.74) is 2.43. The molecule has 1 nitrogen and oxygen atoms in total. The third kappa shape index (κ3) is 1.95. The van der Waals surface area contributed by atoms with Crippen LogP contribution in [0.2, 0.25) is 5.02 Å². The SMILES string of the molecule is CNCc1cccc(Cl)c1C. The second-order valence-corrected chi connectivity index (χ2v) is 2.96. The van der Waals surface area contributed by atoms with Crippen LogP contribution in [0.25, 0.3) is 0 Å². The minimum atomic E-state index is 0.845. The smallest absolute Gasteiger partial charge is 0.0438 e. The molecule has 0 spiro atoms. The highest BCUT2D eigenvalue weighted by Gasteiger charge is 1.99. The second kappa shape index (κ2) is 3.74. The number of benzene rings is 1. The zero-order chi connectivity index (χ0) is 8.27. The van der Waals surface area contributed by atoms with E-state index in [4.69, 9.17) is 11.6 Å². The molecular formula is C9H12ClN. The van der Waals surface area contributed by atoms with Gasteiger partial charge in [-0.15, -0.1) is 0 Å². The van der Waals surface area contributed by atoms with E-state index >= 15 is 0 Å². The van der Waals surface area contributed by atoms with Crippen molar-refractivity contribution in [1.82, 2.24) is 5.32 Å². The molecule has 0 heterocycles. The molecule has 1 rings (SSSR count). The van der Waals surface area contributed by atoms with E-state index in [-0.39, 0.29) is 0 Å². The van der Waals surface area contributed by atoms with Crippen molar-refractivity contribution < 1.29 is 0 Å². The second-order valence-electron chi connectivity index (χ2n) is 2.55. The first-order valence-corrected chi connectivity index (χ1v) is 4.02. The van der Waals surface area contributed by atoms with Gasteiger partial charge in [0, 0.05) is 11.6 Å². The fourth-order valence-corrected chi connectivity index (χ4v) is 1.23. The van der Waals surface area contributed by atoms with Gasteiger partial charge < -0.3 is 5.32 Å². The highest BCUT2D eigenvalue weighted by molar-refractivity contribution is 6.31. The molecule has 0 bridgehead atoms. The Hall–Kier alpha value is -0.530. The van der Waals surface area contributed by atoms with E-state index in [0.29, 0.717) is 0 Å². The normalized spacial score (nSPS) is 10.1. The lowest BCUT2D eigenvalue weighted by Gasteiger charge is -2.05. The van der Waals surface area contributed by atoms with Crippen molar-refractivity contribution >= 4 is 11.6 Å². The lowest BCUT2D eigenvalue weighted by Crippen LogP contribution is -2.06. The first kappa shape index (κ1) is 8.57. The fourth-order valence-electron chi connectivity index (χ4n) is 1.03.